The Labute approximate surface area is 124 Å². The van der Waals surface area contributed by atoms with E-state index in [-0.39, 0.29) is 12.0 Å². The highest BCUT2D eigenvalue weighted by Crippen LogP contribution is 2.23. The summed E-state index contributed by atoms with van der Waals surface area (Å²) in [4.78, 5) is 12.7. The largest absolute Gasteiger partial charge is 0.373 e. The predicted molar refractivity (Wildman–Crippen MR) is 83.8 cm³/mol. The van der Waals surface area contributed by atoms with Gasteiger partial charge in [0.2, 0.25) is 0 Å². The third-order valence-electron chi connectivity index (χ3n) is 3.83. The zero-order valence-corrected chi connectivity index (χ0v) is 12.3. The van der Waals surface area contributed by atoms with Crippen LogP contribution in [0.4, 0.5) is 5.69 Å². The molecule has 108 valence electrons. The number of epoxide rings is 1. The summed E-state index contributed by atoms with van der Waals surface area (Å²) in [6.45, 7) is 4.77. The fourth-order valence-corrected chi connectivity index (χ4v) is 2.55. The predicted octanol–water partition coefficient (Wildman–Crippen LogP) is 3.50. The van der Waals surface area contributed by atoms with Gasteiger partial charge in [0.1, 0.15) is 0 Å². The number of hydrogen-bond donors (Lipinski definition) is 1. The maximum atomic E-state index is 12.7. The van der Waals surface area contributed by atoms with Crippen molar-refractivity contribution in [2.45, 2.75) is 26.4 Å². The van der Waals surface area contributed by atoms with Crippen LogP contribution >= 0.6 is 0 Å². The summed E-state index contributed by atoms with van der Waals surface area (Å²) in [5.74, 6) is -0.0435. The maximum Gasteiger partial charge on any atom is 0.256 e. The average Bonchev–Trinajstić information content (AvgIpc) is 3.25. The number of carbonyl (C=O) groups is 1. The summed E-state index contributed by atoms with van der Waals surface area (Å²) in [5.41, 5.74) is 4.75. The Bertz CT molecular complexity index is 675. The first-order valence-electron chi connectivity index (χ1n) is 7.22. The number of amides is 1. The minimum atomic E-state index is -0.0435. The van der Waals surface area contributed by atoms with Crippen LogP contribution in [-0.2, 0) is 11.2 Å². The van der Waals surface area contributed by atoms with Crippen LogP contribution in [0.2, 0.25) is 0 Å². The van der Waals surface area contributed by atoms with Gasteiger partial charge in [-0.2, -0.15) is 0 Å². The first kappa shape index (κ1) is 13.8. The first-order valence-corrected chi connectivity index (χ1v) is 7.22. The maximum absolute atomic E-state index is 12.7. The van der Waals surface area contributed by atoms with Crippen molar-refractivity contribution in [2.75, 3.05) is 11.9 Å². The van der Waals surface area contributed by atoms with Gasteiger partial charge in [-0.15, -0.1) is 0 Å². The molecule has 0 bridgehead atoms. The average molecular weight is 281 g/mol. The van der Waals surface area contributed by atoms with Crippen LogP contribution in [0.15, 0.2) is 42.5 Å². The monoisotopic (exact) mass is 281 g/mol. The van der Waals surface area contributed by atoms with Crippen LogP contribution in [0.5, 0.6) is 0 Å². The van der Waals surface area contributed by atoms with E-state index in [0.717, 1.165) is 41.0 Å². The summed E-state index contributed by atoms with van der Waals surface area (Å²) in [6.07, 6.45) is 1.08. The molecular formula is C18H19NO2. The van der Waals surface area contributed by atoms with E-state index in [9.17, 15) is 4.79 Å². The smallest absolute Gasteiger partial charge is 0.256 e. The van der Waals surface area contributed by atoms with Crippen molar-refractivity contribution >= 4 is 11.6 Å². The van der Waals surface area contributed by atoms with Crippen molar-refractivity contribution in [1.82, 2.24) is 0 Å². The van der Waals surface area contributed by atoms with Crippen molar-refractivity contribution < 1.29 is 9.53 Å². The van der Waals surface area contributed by atoms with E-state index in [2.05, 4.69) is 5.32 Å². The summed E-state index contributed by atoms with van der Waals surface area (Å²) in [6, 6.07) is 13.8. The van der Waals surface area contributed by atoms with Crippen LogP contribution in [0.25, 0.3) is 0 Å². The molecule has 0 saturated carbocycles. The lowest BCUT2D eigenvalue weighted by molar-refractivity contribution is 0.102. The summed E-state index contributed by atoms with van der Waals surface area (Å²) in [7, 11) is 0. The number of para-hydroxylation sites is 1. The molecule has 3 rings (SSSR count). The molecule has 0 spiro atoms. The molecule has 2 aromatic carbocycles. The number of rotatable bonds is 4. The van der Waals surface area contributed by atoms with E-state index >= 15 is 0 Å². The zero-order valence-electron chi connectivity index (χ0n) is 12.3. The third-order valence-corrected chi connectivity index (χ3v) is 3.83. The van der Waals surface area contributed by atoms with Crippen LogP contribution in [-0.4, -0.2) is 18.6 Å². The zero-order chi connectivity index (χ0) is 14.8. The lowest BCUT2D eigenvalue weighted by Crippen LogP contribution is -2.17. The van der Waals surface area contributed by atoms with Crippen molar-refractivity contribution in [3.8, 4) is 0 Å². The molecule has 1 aliphatic rings. The standard InChI is InChI=1S/C18H19NO2/c1-12-6-3-4-9-16(12)19-18(20)17-13(2)7-5-8-14(17)10-15-11-21-15/h3-9,15H,10-11H2,1-2H3,(H,19,20). The van der Waals surface area contributed by atoms with Crippen molar-refractivity contribution in [3.05, 3.63) is 64.7 Å². The minimum absolute atomic E-state index is 0.0435. The van der Waals surface area contributed by atoms with Gasteiger partial charge >= 0.3 is 0 Å². The van der Waals surface area contributed by atoms with E-state index in [1.807, 2.05) is 56.3 Å². The van der Waals surface area contributed by atoms with E-state index in [1.54, 1.807) is 0 Å². The minimum Gasteiger partial charge on any atom is -0.373 e. The molecule has 0 radical (unpaired) electrons. The summed E-state index contributed by atoms with van der Waals surface area (Å²) >= 11 is 0. The van der Waals surface area contributed by atoms with E-state index < -0.39 is 0 Å². The fourth-order valence-electron chi connectivity index (χ4n) is 2.55. The van der Waals surface area contributed by atoms with Gasteiger partial charge in [0.25, 0.3) is 5.91 Å². The number of hydrogen-bond acceptors (Lipinski definition) is 2. The molecule has 1 amide bonds. The van der Waals surface area contributed by atoms with E-state index in [0.29, 0.717) is 0 Å². The Balaban J connectivity index is 1.88. The normalized spacial score (nSPS) is 16.6. The molecule has 1 saturated heterocycles. The van der Waals surface area contributed by atoms with Crippen LogP contribution < -0.4 is 5.32 Å². The lowest BCUT2D eigenvalue weighted by atomic mass is 9.97. The van der Waals surface area contributed by atoms with Gasteiger partial charge in [0.05, 0.1) is 12.7 Å². The molecule has 1 unspecified atom stereocenters. The first-order chi connectivity index (χ1) is 10.1. The molecule has 2 aromatic rings. The highest BCUT2D eigenvalue weighted by molar-refractivity contribution is 6.06. The Morgan fingerprint density at radius 1 is 1.14 bits per heavy atom. The van der Waals surface area contributed by atoms with Gasteiger partial charge in [-0.25, -0.2) is 0 Å². The number of ether oxygens (including phenoxy) is 1. The fraction of sp³-hybridized carbons (Fsp3) is 0.278. The second kappa shape index (κ2) is 5.70. The lowest BCUT2D eigenvalue weighted by Gasteiger charge is -2.13. The van der Waals surface area contributed by atoms with Crippen molar-refractivity contribution in [3.63, 3.8) is 0 Å². The van der Waals surface area contributed by atoms with Gasteiger partial charge < -0.3 is 10.1 Å². The number of aryl methyl sites for hydroxylation is 2. The second-order valence-corrected chi connectivity index (χ2v) is 5.54. The molecule has 21 heavy (non-hydrogen) atoms. The molecule has 1 fully saturated rings. The summed E-state index contributed by atoms with van der Waals surface area (Å²) < 4.78 is 5.29. The van der Waals surface area contributed by atoms with Gasteiger partial charge in [-0.1, -0.05) is 36.4 Å². The van der Waals surface area contributed by atoms with Crippen LogP contribution in [0.1, 0.15) is 27.0 Å². The molecule has 1 atom stereocenters. The van der Waals surface area contributed by atoms with Gasteiger partial charge in [0.15, 0.2) is 0 Å². The van der Waals surface area contributed by atoms with Gasteiger partial charge in [0, 0.05) is 17.7 Å². The number of anilines is 1. The molecule has 0 aliphatic carbocycles. The van der Waals surface area contributed by atoms with Crippen molar-refractivity contribution in [1.29, 1.82) is 0 Å². The third kappa shape index (κ3) is 3.14. The van der Waals surface area contributed by atoms with Gasteiger partial charge in [-0.05, 0) is 36.6 Å². The molecule has 3 nitrogen and oxygen atoms in total. The SMILES string of the molecule is Cc1ccccc1NC(=O)c1c(C)cccc1CC1CO1. The van der Waals surface area contributed by atoms with Crippen molar-refractivity contribution in [2.24, 2.45) is 0 Å². The second-order valence-electron chi connectivity index (χ2n) is 5.54. The van der Waals surface area contributed by atoms with E-state index in [1.165, 1.54) is 0 Å². The Morgan fingerprint density at radius 3 is 2.57 bits per heavy atom. The van der Waals surface area contributed by atoms with Crippen LogP contribution in [0.3, 0.4) is 0 Å². The molecule has 1 N–H and O–H groups in total. The number of carbonyl (C=O) groups excluding carboxylic acids is 1. The quantitative estimate of drug-likeness (QED) is 0.871. The Morgan fingerprint density at radius 2 is 1.86 bits per heavy atom. The van der Waals surface area contributed by atoms with Gasteiger partial charge in [-0.3, -0.25) is 4.79 Å². The molecule has 1 heterocycles. The molecular weight excluding hydrogens is 262 g/mol. The number of benzene rings is 2. The molecule has 3 heteroatoms. The Hall–Kier alpha value is -2.13. The topological polar surface area (TPSA) is 41.6 Å². The highest BCUT2D eigenvalue weighted by atomic mass is 16.6. The van der Waals surface area contributed by atoms with Crippen LogP contribution in [0, 0.1) is 13.8 Å². The number of nitrogens with one attached hydrogen (secondary N) is 1. The highest BCUT2D eigenvalue weighted by Gasteiger charge is 2.25. The van der Waals surface area contributed by atoms with E-state index in [4.69, 9.17) is 4.74 Å². The molecule has 1 aliphatic heterocycles. The summed E-state index contributed by atoms with van der Waals surface area (Å²) in [5, 5.41) is 3.02. The Kier molecular flexibility index (Phi) is 3.76. The molecule has 0 aromatic heterocycles.